The zero-order valence-corrected chi connectivity index (χ0v) is 10.6. The van der Waals surface area contributed by atoms with E-state index in [0.29, 0.717) is 0 Å². The zero-order valence-electron chi connectivity index (χ0n) is 8.16. The first-order valence-corrected chi connectivity index (χ1v) is 6.14. The van der Waals surface area contributed by atoms with Crippen molar-refractivity contribution < 1.29 is 4.42 Å². The lowest BCUT2D eigenvalue weighted by atomic mass is 10.1. The second-order valence-electron chi connectivity index (χ2n) is 3.20. The Labute approximate surface area is 100 Å². The number of hydrazine groups is 1. The zero-order chi connectivity index (χ0) is 10.8. The fraction of sp³-hybridized carbons (Fsp3) is 0.200. The molecule has 3 N–H and O–H groups in total. The van der Waals surface area contributed by atoms with Gasteiger partial charge in [-0.3, -0.25) is 5.84 Å². The predicted molar refractivity (Wildman–Crippen MR) is 64.6 cm³/mol. The van der Waals surface area contributed by atoms with E-state index in [4.69, 9.17) is 10.3 Å². The summed E-state index contributed by atoms with van der Waals surface area (Å²) >= 11 is 5.13. The maximum Gasteiger partial charge on any atom is 0.130 e. The van der Waals surface area contributed by atoms with E-state index in [0.717, 1.165) is 20.7 Å². The molecule has 2 rings (SSSR count). The van der Waals surface area contributed by atoms with Gasteiger partial charge in [0.05, 0.1) is 6.26 Å². The van der Waals surface area contributed by atoms with Crippen LogP contribution >= 0.6 is 27.3 Å². The minimum atomic E-state index is -0.0885. The van der Waals surface area contributed by atoms with Gasteiger partial charge in [0, 0.05) is 9.35 Å². The molecule has 0 saturated carbocycles. The molecule has 0 spiro atoms. The smallest absolute Gasteiger partial charge is 0.130 e. The van der Waals surface area contributed by atoms with E-state index in [9.17, 15) is 0 Å². The van der Waals surface area contributed by atoms with Crippen LogP contribution in [0.3, 0.4) is 0 Å². The van der Waals surface area contributed by atoms with E-state index in [1.807, 2.05) is 24.4 Å². The second kappa shape index (κ2) is 4.49. The van der Waals surface area contributed by atoms with E-state index >= 15 is 0 Å². The lowest BCUT2D eigenvalue weighted by molar-refractivity contribution is 0.452. The molecule has 80 valence electrons. The van der Waals surface area contributed by atoms with Gasteiger partial charge in [-0.15, -0.1) is 11.3 Å². The van der Waals surface area contributed by atoms with Crippen LogP contribution in [0.5, 0.6) is 0 Å². The summed E-state index contributed by atoms with van der Waals surface area (Å²) in [5, 5.41) is 2.02. The third-order valence-electron chi connectivity index (χ3n) is 2.24. The van der Waals surface area contributed by atoms with Gasteiger partial charge in [-0.05, 0) is 45.9 Å². The fourth-order valence-electron chi connectivity index (χ4n) is 1.46. The van der Waals surface area contributed by atoms with Crippen LogP contribution in [0.15, 0.2) is 32.7 Å². The minimum absolute atomic E-state index is 0.0885. The highest BCUT2D eigenvalue weighted by Gasteiger charge is 2.21. The van der Waals surface area contributed by atoms with Crippen molar-refractivity contribution in [3.8, 4) is 0 Å². The molecule has 0 amide bonds. The summed E-state index contributed by atoms with van der Waals surface area (Å²) in [5.41, 5.74) is 3.87. The van der Waals surface area contributed by atoms with Crippen LogP contribution in [0.2, 0.25) is 0 Å². The van der Waals surface area contributed by atoms with Crippen LogP contribution in [0.25, 0.3) is 0 Å². The van der Waals surface area contributed by atoms with E-state index in [1.165, 1.54) is 0 Å². The van der Waals surface area contributed by atoms with E-state index < -0.39 is 0 Å². The molecule has 0 aliphatic rings. The van der Waals surface area contributed by atoms with Gasteiger partial charge < -0.3 is 4.42 Å². The van der Waals surface area contributed by atoms with Crippen LogP contribution in [-0.2, 0) is 0 Å². The third-order valence-corrected chi connectivity index (χ3v) is 4.17. The number of nitrogens with one attached hydrogen (secondary N) is 1. The number of rotatable bonds is 3. The Balaban J connectivity index is 2.41. The van der Waals surface area contributed by atoms with Crippen LogP contribution in [0.1, 0.15) is 22.2 Å². The van der Waals surface area contributed by atoms with Crippen LogP contribution < -0.4 is 11.3 Å². The highest BCUT2D eigenvalue weighted by atomic mass is 79.9. The van der Waals surface area contributed by atoms with Crippen LogP contribution in [0.4, 0.5) is 0 Å². The van der Waals surface area contributed by atoms with E-state index in [1.54, 1.807) is 17.6 Å². The number of furan rings is 1. The van der Waals surface area contributed by atoms with Crippen molar-refractivity contribution in [2.24, 2.45) is 5.84 Å². The van der Waals surface area contributed by atoms with Crippen molar-refractivity contribution in [2.75, 3.05) is 0 Å². The van der Waals surface area contributed by atoms with Gasteiger partial charge in [0.15, 0.2) is 0 Å². The molecular weight excluding hydrogens is 276 g/mol. The third kappa shape index (κ3) is 2.01. The highest BCUT2D eigenvalue weighted by Crippen LogP contribution is 2.34. The standard InChI is InChI=1S/C10H11BrN2OS/c1-6-2-4-14-9(6)8(13-12)10-7(11)3-5-15-10/h2-5,8,13H,12H2,1H3. The summed E-state index contributed by atoms with van der Waals surface area (Å²) in [6.07, 6.45) is 1.68. The lowest BCUT2D eigenvalue weighted by Gasteiger charge is -2.13. The SMILES string of the molecule is Cc1ccoc1C(NN)c1sccc1Br. The first-order chi connectivity index (χ1) is 7.24. The molecule has 15 heavy (non-hydrogen) atoms. The van der Waals surface area contributed by atoms with Crippen molar-refractivity contribution in [1.29, 1.82) is 0 Å². The number of nitrogens with two attached hydrogens (primary N) is 1. The largest absolute Gasteiger partial charge is 0.467 e. The molecule has 5 heteroatoms. The molecule has 2 heterocycles. The average Bonchev–Trinajstić information content (AvgIpc) is 2.80. The molecule has 3 nitrogen and oxygen atoms in total. The summed E-state index contributed by atoms with van der Waals surface area (Å²) in [6.45, 7) is 2.00. The molecule has 0 bridgehead atoms. The number of hydrogen-bond donors (Lipinski definition) is 2. The van der Waals surface area contributed by atoms with Gasteiger partial charge in [-0.25, -0.2) is 5.43 Å². The summed E-state index contributed by atoms with van der Waals surface area (Å²) in [5.74, 6) is 6.43. The molecule has 1 atom stereocenters. The molecule has 2 aromatic heterocycles. The number of halogens is 1. The monoisotopic (exact) mass is 286 g/mol. The van der Waals surface area contributed by atoms with Crippen LogP contribution in [-0.4, -0.2) is 0 Å². The Bertz CT molecular complexity index is 411. The van der Waals surface area contributed by atoms with Gasteiger partial charge in [-0.2, -0.15) is 0 Å². The van der Waals surface area contributed by atoms with Crippen molar-refractivity contribution in [2.45, 2.75) is 13.0 Å². The minimum Gasteiger partial charge on any atom is -0.467 e. The van der Waals surface area contributed by atoms with Crippen molar-refractivity contribution in [3.63, 3.8) is 0 Å². The van der Waals surface area contributed by atoms with Crippen molar-refractivity contribution in [1.82, 2.24) is 5.43 Å². The first kappa shape index (κ1) is 10.9. The van der Waals surface area contributed by atoms with Gasteiger partial charge >= 0.3 is 0 Å². The van der Waals surface area contributed by atoms with Gasteiger partial charge in [-0.1, -0.05) is 0 Å². The predicted octanol–water partition coefficient (Wildman–Crippen LogP) is 2.96. The number of hydrogen-bond acceptors (Lipinski definition) is 4. The molecule has 0 fully saturated rings. The number of thiophene rings is 1. The van der Waals surface area contributed by atoms with E-state index in [-0.39, 0.29) is 6.04 Å². The second-order valence-corrected chi connectivity index (χ2v) is 5.00. The molecule has 1 unspecified atom stereocenters. The Morgan fingerprint density at radius 1 is 1.53 bits per heavy atom. The normalized spacial score (nSPS) is 13.0. The topological polar surface area (TPSA) is 51.2 Å². The molecule has 0 aliphatic carbocycles. The Morgan fingerprint density at radius 3 is 2.80 bits per heavy atom. The Morgan fingerprint density at radius 2 is 2.33 bits per heavy atom. The van der Waals surface area contributed by atoms with E-state index in [2.05, 4.69) is 21.4 Å². The Kier molecular flexibility index (Phi) is 3.25. The highest BCUT2D eigenvalue weighted by molar-refractivity contribution is 9.10. The maximum atomic E-state index is 5.57. The molecule has 0 saturated heterocycles. The van der Waals surface area contributed by atoms with Gasteiger partial charge in [0.2, 0.25) is 0 Å². The Hall–Kier alpha value is -0.620. The summed E-state index contributed by atoms with van der Waals surface area (Å²) in [4.78, 5) is 1.12. The molecule has 0 radical (unpaired) electrons. The average molecular weight is 287 g/mol. The van der Waals surface area contributed by atoms with Gasteiger partial charge in [0.1, 0.15) is 11.8 Å². The summed E-state index contributed by atoms with van der Waals surface area (Å²) < 4.78 is 6.49. The van der Waals surface area contributed by atoms with Crippen LogP contribution in [0, 0.1) is 6.92 Å². The summed E-state index contributed by atoms with van der Waals surface area (Å²) in [6, 6.07) is 3.85. The van der Waals surface area contributed by atoms with Gasteiger partial charge in [0.25, 0.3) is 0 Å². The maximum absolute atomic E-state index is 5.57. The summed E-state index contributed by atoms with van der Waals surface area (Å²) in [7, 11) is 0. The number of aryl methyl sites for hydroxylation is 1. The molecule has 2 aromatic rings. The fourth-order valence-corrected chi connectivity index (χ4v) is 3.12. The quantitative estimate of drug-likeness (QED) is 0.674. The first-order valence-electron chi connectivity index (χ1n) is 4.47. The lowest BCUT2D eigenvalue weighted by Crippen LogP contribution is -2.28. The molecule has 0 aromatic carbocycles. The molecular formula is C10H11BrN2OS. The van der Waals surface area contributed by atoms with Crippen molar-refractivity contribution >= 4 is 27.3 Å². The molecule has 0 aliphatic heterocycles. The van der Waals surface area contributed by atoms with Crippen molar-refractivity contribution in [3.05, 3.63) is 44.4 Å².